The Kier molecular flexibility index (Phi) is 7.17. The second-order valence-corrected chi connectivity index (χ2v) is 7.22. The Hall–Kier alpha value is -2.95. The minimum absolute atomic E-state index is 0.478. The average Bonchev–Trinajstić information content (AvgIpc) is 2.78. The van der Waals surface area contributed by atoms with E-state index >= 15 is 0 Å². The van der Waals surface area contributed by atoms with Gasteiger partial charge in [0.1, 0.15) is 6.04 Å². The van der Waals surface area contributed by atoms with Crippen molar-refractivity contribution in [1.29, 1.82) is 0 Å². The average molecular weight is 389 g/mol. The smallest absolute Gasteiger partial charge is 0.320 e. The molecule has 29 heavy (non-hydrogen) atoms. The Morgan fingerprint density at radius 2 is 1.21 bits per heavy atom. The molecule has 0 aliphatic heterocycles. The first-order chi connectivity index (χ1) is 14.1. The van der Waals surface area contributed by atoms with Gasteiger partial charge in [0.2, 0.25) is 0 Å². The third-order valence-corrected chi connectivity index (χ3v) is 5.27. The van der Waals surface area contributed by atoms with Crippen LogP contribution in [-0.2, 0) is 10.3 Å². The fourth-order valence-electron chi connectivity index (χ4n) is 3.76. The fourth-order valence-corrected chi connectivity index (χ4v) is 3.76. The molecule has 3 rings (SSSR count). The third-order valence-electron chi connectivity index (χ3n) is 5.27. The van der Waals surface area contributed by atoms with Crippen LogP contribution in [-0.4, -0.2) is 23.7 Å². The van der Waals surface area contributed by atoms with Crippen LogP contribution < -0.4 is 11.1 Å². The largest absolute Gasteiger partial charge is 0.480 e. The van der Waals surface area contributed by atoms with Gasteiger partial charge in [-0.1, -0.05) is 97.4 Å². The van der Waals surface area contributed by atoms with Crippen molar-refractivity contribution in [2.45, 2.75) is 30.8 Å². The van der Waals surface area contributed by atoms with E-state index in [4.69, 9.17) is 10.8 Å². The summed E-state index contributed by atoms with van der Waals surface area (Å²) < 4.78 is 0. The van der Waals surface area contributed by atoms with Crippen LogP contribution in [0.25, 0.3) is 0 Å². The van der Waals surface area contributed by atoms with Crippen LogP contribution in [0.5, 0.6) is 0 Å². The summed E-state index contributed by atoms with van der Waals surface area (Å²) in [5.41, 5.74) is 8.65. The first-order valence-corrected chi connectivity index (χ1v) is 10.0. The maximum atomic E-state index is 10.9. The summed E-state index contributed by atoms with van der Waals surface area (Å²) in [7, 11) is 0. The minimum Gasteiger partial charge on any atom is -0.480 e. The van der Waals surface area contributed by atoms with Crippen molar-refractivity contribution in [3.8, 4) is 0 Å². The number of nitrogens with two attached hydrogens (primary N) is 1. The third kappa shape index (κ3) is 4.91. The Balaban J connectivity index is 1.92. The van der Waals surface area contributed by atoms with Crippen molar-refractivity contribution in [2.24, 2.45) is 5.73 Å². The molecule has 0 spiro atoms. The van der Waals surface area contributed by atoms with Gasteiger partial charge < -0.3 is 10.8 Å². The molecule has 0 saturated heterocycles. The van der Waals surface area contributed by atoms with Crippen LogP contribution in [0.15, 0.2) is 91.0 Å². The van der Waals surface area contributed by atoms with Crippen molar-refractivity contribution in [3.63, 3.8) is 0 Å². The second-order valence-electron chi connectivity index (χ2n) is 7.22. The van der Waals surface area contributed by atoms with E-state index in [9.17, 15) is 4.79 Å². The second kappa shape index (κ2) is 10.0. The molecule has 0 radical (unpaired) electrons. The van der Waals surface area contributed by atoms with E-state index in [1.807, 2.05) is 18.2 Å². The maximum Gasteiger partial charge on any atom is 0.320 e. The number of aliphatic carboxylic acids is 1. The summed E-state index contributed by atoms with van der Waals surface area (Å²) in [5.74, 6) is -0.940. The summed E-state index contributed by atoms with van der Waals surface area (Å²) in [5, 5.41) is 12.8. The van der Waals surface area contributed by atoms with Gasteiger partial charge in [0.05, 0.1) is 5.54 Å². The maximum absolute atomic E-state index is 10.9. The molecule has 4 nitrogen and oxygen atoms in total. The Labute approximate surface area is 172 Å². The van der Waals surface area contributed by atoms with Crippen molar-refractivity contribution in [3.05, 3.63) is 108 Å². The van der Waals surface area contributed by atoms with Gasteiger partial charge in [-0.15, -0.1) is 0 Å². The molecule has 4 N–H and O–H groups in total. The lowest BCUT2D eigenvalue weighted by molar-refractivity contribution is -0.138. The van der Waals surface area contributed by atoms with Crippen LogP contribution >= 0.6 is 0 Å². The lowest BCUT2D eigenvalue weighted by atomic mass is 9.77. The Morgan fingerprint density at radius 3 is 1.59 bits per heavy atom. The standard InChI is InChI=1S/C25H28N2O2/c26-23(24(28)29)18-10-11-19-27-25(20-12-4-1-5-13-20,21-14-6-2-7-15-21)22-16-8-3-9-17-22/h1-9,12-17,23,27H,10-11,18-19,26H2,(H,28,29)/t23-/m1/s1. The first-order valence-electron chi connectivity index (χ1n) is 10.0. The van der Waals surface area contributed by atoms with Crippen LogP contribution in [0, 0.1) is 0 Å². The summed E-state index contributed by atoms with van der Waals surface area (Å²) in [6.07, 6.45) is 2.08. The monoisotopic (exact) mass is 388 g/mol. The highest BCUT2D eigenvalue weighted by molar-refractivity contribution is 5.72. The van der Waals surface area contributed by atoms with E-state index in [1.165, 1.54) is 16.7 Å². The molecular formula is C25H28N2O2. The van der Waals surface area contributed by atoms with Gasteiger partial charge in [0, 0.05) is 0 Å². The molecule has 0 aromatic heterocycles. The van der Waals surface area contributed by atoms with E-state index in [1.54, 1.807) is 0 Å². The number of nitrogens with one attached hydrogen (secondary N) is 1. The van der Waals surface area contributed by atoms with E-state index in [-0.39, 0.29) is 0 Å². The van der Waals surface area contributed by atoms with Crippen LogP contribution in [0.4, 0.5) is 0 Å². The number of benzene rings is 3. The minimum atomic E-state index is -0.940. The number of hydrogen-bond donors (Lipinski definition) is 3. The van der Waals surface area contributed by atoms with E-state index in [0.29, 0.717) is 6.42 Å². The predicted molar refractivity (Wildman–Crippen MR) is 117 cm³/mol. The molecule has 3 aromatic rings. The molecule has 0 heterocycles. The number of carboxylic acid groups (broad SMARTS) is 1. The molecule has 0 fully saturated rings. The molecular weight excluding hydrogens is 360 g/mol. The molecule has 1 atom stereocenters. The van der Waals surface area contributed by atoms with Crippen molar-refractivity contribution in [2.75, 3.05) is 6.54 Å². The normalized spacial score (nSPS) is 12.4. The highest BCUT2D eigenvalue weighted by Gasteiger charge is 2.35. The molecule has 0 unspecified atom stereocenters. The number of carbonyl (C=O) groups is 1. The van der Waals surface area contributed by atoms with Gasteiger partial charge in [-0.25, -0.2) is 0 Å². The Bertz CT molecular complexity index is 786. The topological polar surface area (TPSA) is 75.3 Å². The number of carboxylic acids is 1. The van der Waals surface area contributed by atoms with Crippen molar-refractivity contribution < 1.29 is 9.90 Å². The molecule has 0 amide bonds. The lowest BCUT2D eigenvalue weighted by Crippen LogP contribution is -2.45. The van der Waals surface area contributed by atoms with Gasteiger partial charge in [-0.2, -0.15) is 0 Å². The quantitative estimate of drug-likeness (QED) is 0.360. The zero-order valence-electron chi connectivity index (χ0n) is 16.5. The lowest BCUT2D eigenvalue weighted by Gasteiger charge is -2.37. The predicted octanol–water partition coefficient (Wildman–Crippen LogP) is 4.15. The number of unbranched alkanes of at least 4 members (excludes halogenated alkanes) is 1. The van der Waals surface area contributed by atoms with E-state index in [0.717, 1.165) is 19.4 Å². The summed E-state index contributed by atoms with van der Waals surface area (Å²) in [4.78, 5) is 10.9. The van der Waals surface area contributed by atoms with Crippen LogP contribution in [0.3, 0.4) is 0 Å². The van der Waals surface area contributed by atoms with Crippen LogP contribution in [0.1, 0.15) is 36.0 Å². The van der Waals surface area contributed by atoms with Gasteiger partial charge >= 0.3 is 5.97 Å². The summed E-state index contributed by atoms with van der Waals surface area (Å²) in [6, 6.07) is 30.5. The van der Waals surface area contributed by atoms with Crippen molar-refractivity contribution >= 4 is 5.97 Å². The number of hydrogen-bond acceptors (Lipinski definition) is 3. The molecule has 0 aliphatic carbocycles. The van der Waals surface area contributed by atoms with E-state index < -0.39 is 17.6 Å². The number of rotatable bonds is 10. The van der Waals surface area contributed by atoms with Gasteiger partial charge in [0.15, 0.2) is 0 Å². The summed E-state index contributed by atoms with van der Waals surface area (Å²) in [6.45, 7) is 0.741. The van der Waals surface area contributed by atoms with Gasteiger partial charge in [-0.3, -0.25) is 10.1 Å². The zero-order chi connectivity index (χ0) is 20.5. The molecule has 150 valence electrons. The first kappa shape index (κ1) is 20.8. The SMILES string of the molecule is N[C@H](CCCCNC(c1ccccc1)(c1ccccc1)c1ccccc1)C(=O)O. The molecule has 0 saturated carbocycles. The molecule has 3 aromatic carbocycles. The van der Waals surface area contributed by atoms with Gasteiger partial charge in [-0.05, 0) is 36.1 Å². The van der Waals surface area contributed by atoms with E-state index in [2.05, 4.69) is 78.1 Å². The molecule has 4 heteroatoms. The zero-order valence-corrected chi connectivity index (χ0v) is 16.5. The molecule has 0 bridgehead atoms. The fraction of sp³-hybridized carbons (Fsp3) is 0.240. The highest BCUT2D eigenvalue weighted by atomic mass is 16.4. The highest BCUT2D eigenvalue weighted by Crippen LogP contribution is 2.36. The van der Waals surface area contributed by atoms with Gasteiger partial charge in [0.25, 0.3) is 0 Å². The Morgan fingerprint density at radius 1 is 0.793 bits per heavy atom. The van der Waals surface area contributed by atoms with Crippen LogP contribution in [0.2, 0.25) is 0 Å². The summed E-state index contributed by atoms with van der Waals surface area (Å²) >= 11 is 0. The van der Waals surface area contributed by atoms with Crippen molar-refractivity contribution in [1.82, 2.24) is 5.32 Å². The molecule has 0 aliphatic rings.